The zero-order chi connectivity index (χ0) is 23.3. The van der Waals surface area contributed by atoms with Gasteiger partial charge in [0.25, 0.3) is 5.91 Å². The van der Waals surface area contributed by atoms with E-state index in [9.17, 15) is 13.2 Å². The Bertz CT molecular complexity index is 1210. The number of amides is 1. The topological polar surface area (TPSA) is 84.9 Å². The number of nitrogens with one attached hydrogen (secondary N) is 1. The summed E-state index contributed by atoms with van der Waals surface area (Å²) in [6.45, 7) is 0.0791. The van der Waals surface area contributed by atoms with Crippen molar-refractivity contribution in [2.24, 2.45) is 0 Å². The monoisotopic (exact) mass is 474 g/mol. The molecule has 0 aliphatic carbocycles. The highest BCUT2D eigenvalue weighted by Gasteiger charge is 2.19. The highest BCUT2D eigenvalue weighted by atomic mass is 35.5. The van der Waals surface area contributed by atoms with Gasteiger partial charge in [0, 0.05) is 22.3 Å². The van der Waals surface area contributed by atoms with E-state index in [2.05, 4.69) is 5.32 Å². The van der Waals surface area contributed by atoms with E-state index in [-0.39, 0.29) is 12.5 Å². The van der Waals surface area contributed by atoms with Crippen molar-refractivity contribution in [1.82, 2.24) is 0 Å². The van der Waals surface area contributed by atoms with E-state index in [1.54, 1.807) is 66.7 Å². The molecule has 3 aromatic carbocycles. The van der Waals surface area contributed by atoms with Crippen LogP contribution in [-0.4, -0.2) is 34.8 Å². The van der Waals surface area contributed by atoms with Crippen LogP contribution in [0, 0.1) is 0 Å². The molecule has 7 nitrogen and oxygen atoms in total. The SMILES string of the molecule is COc1ccc(NC(=O)c2ccc(N(Cc3ccccc3Cl)S(C)(=O)=O)cc2)cc1OC. The lowest BCUT2D eigenvalue weighted by atomic mass is 10.1. The van der Waals surface area contributed by atoms with Crippen LogP contribution in [0.2, 0.25) is 5.02 Å². The predicted molar refractivity (Wildman–Crippen MR) is 126 cm³/mol. The molecule has 0 radical (unpaired) electrons. The number of anilines is 2. The lowest BCUT2D eigenvalue weighted by molar-refractivity contribution is 0.102. The van der Waals surface area contributed by atoms with E-state index in [0.717, 1.165) is 6.26 Å². The Labute approximate surface area is 192 Å². The minimum Gasteiger partial charge on any atom is -0.493 e. The zero-order valence-corrected chi connectivity index (χ0v) is 19.4. The van der Waals surface area contributed by atoms with Crippen molar-refractivity contribution in [3.8, 4) is 11.5 Å². The number of hydrogen-bond donors (Lipinski definition) is 1. The quantitative estimate of drug-likeness (QED) is 0.516. The zero-order valence-electron chi connectivity index (χ0n) is 17.8. The molecule has 3 aromatic rings. The molecule has 0 bridgehead atoms. The minimum absolute atomic E-state index is 0.0791. The summed E-state index contributed by atoms with van der Waals surface area (Å²) in [5, 5.41) is 3.27. The molecule has 1 amide bonds. The number of benzene rings is 3. The second-order valence-corrected chi connectivity index (χ2v) is 9.25. The van der Waals surface area contributed by atoms with Crippen molar-refractivity contribution < 1.29 is 22.7 Å². The molecule has 32 heavy (non-hydrogen) atoms. The first-order chi connectivity index (χ1) is 15.2. The third-order valence-electron chi connectivity index (χ3n) is 4.73. The van der Waals surface area contributed by atoms with Crippen LogP contribution in [0.25, 0.3) is 0 Å². The molecule has 0 spiro atoms. The van der Waals surface area contributed by atoms with Crippen LogP contribution in [0.5, 0.6) is 11.5 Å². The smallest absolute Gasteiger partial charge is 0.255 e. The summed E-state index contributed by atoms with van der Waals surface area (Å²) in [4.78, 5) is 12.6. The van der Waals surface area contributed by atoms with Crippen LogP contribution in [0.15, 0.2) is 66.7 Å². The lowest BCUT2D eigenvalue weighted by Crippen LogP contribution is -2.29. The van der Waals surface area contributed by atoms with E-state index >= 15 is 0 Å². The fraction of sp³-hybridized carbons (Fsp3) is 0.174. The van der Waals surface area contributed by atoms with Gasteiger partial charge in [-0.15, -0.1) is 0 Å². The number of ether oxygens (including phenoxy) is 2. The van der Waals surface area contributed by atoms with Crippen molar-refractivity contribution in [1.29, 1.82) is 0 Å². The number of hydrogen-bond acceptors (Lipinski definition) is 5. The molecule has 0 atom stereocenters. The summed E-state index contributed by atoms with van der Waals surface area (Å²) in [6, 6.07) is 18.4. The Morgan fingerprint density at radius 3 is 2.22 bits per heavy atom. The van der Waals surface area contributed by atoms with Crippen LogP contribution < -0.4 is 19.1 Å². The highest BCUT2D eigenvalue weighted by Crippen LogP contribution is 2.30. The van der Waals surface area contributed by atoms with Crippen LogP contribution in [0.4, 0.5) is 11.4 Å². The van der Waals surface area contributed by atoms with E-state index in [4.69, 9.17) is 21.1 Å². The Balaban J connectivity index is 1.80. The van der Waals surface area contributed by atoms with Gasteiger partial charge in [-0.3, -0.25) is 9.10 Å². The highest BCUT2D eigenvalue weighted by molar-refractivity contribution is 7.92. The second kappa shape index (κ2) is 9.93. The maximum absolute atomic E-state index is 12.6. The molecule has 0 saturated carbocycles. The summed E-state index contributed by atoms with van der Waals surface area (Å²) in [7, 11) is -0.537. The first kappa shape index (κ1) is 23.4. The summed E-state index contributed by atoms with van der Waals surface area (Å²) in [6.07, 6.45) is 1.13. The number of halogens is 1. The number of nitrogens with zero attached hydrogens (tertiary/aromatic N) is 1. The molecular weight excluding hydrogens is 452 g/mol. The fourth-order valence-electron chi connectivity index (χ4n) is 3.08. The molecule has 168 valence electrons. The molecule has 0 aliphatic heterocycles. The van der Waals surface area contributed by atoms with Gasteiger partial charge in [0.2, 0.25) is 10.0 Å². The first-order valence-corrected chi connectivity index (χ1v) is 11.8. The Hall–Kier alpha value is -3.23. The molecule has 3 rings (SSSR count). The molecule has 0 fully saturated rings. The molecule has 0 saturated heterocycles. The maximum Gasteiger partial charge on any atom is 0.255 e. The van der Waals surface area contributed by atoms with Gasteiger partial charge in [-0.2, -0.15) is 0 Å². The van der Waals surface area contributed by atoms with Crippen molar-refractivity contribution >= 4 is 38.9 Å². The van der Waals surface area contributed by atoms with Crippen molar-refractivity contribution in [3.63, 3.8) is 0 Å². The van der Waals surface area contributed by atoms with Gasteiger partial charge >= 0.3 is 0 Å². The van der Waals surface area contributed by atoms with Gasteiger partial charge in [0.05, 0.1) is 32.7 Å². The molecule has 9 heteroatoms. The third-order valence-corrected chi connectivity index (χ3v) is 6.24. The van der Waals surface area contributed by atoms with Crippen LogP contribution in [0.1, 0.15) is 15.9 Å². The average Bonchev–Trinajstić information content (AvgIpc) is 2.77. The first-order valence-electron chi connectivity index (χ1n) is 9.57. The van der Waals surface area contributed by atoms with Crippen LogP contribution in [-0.2, 0) is 16.6 Å². The predicted octanol–water partition coefficient (Wildman–Crippen LogP) is 4.58. The van der Waals surface area contributed by atoms with Gasteiger partial charge in [-0.05, 0) is 48.0 Å². The van der Waals surface area contributed by atoms with E-state index in [1.807, 2.05) is 0 Å². The van der Waals surface area contributed by atoms with E-state index < -0.39 is 10.0 Å². The average molecular weight is 475 g/mol. The number of carbonyl (C=O) groups excluding carboxylic acids is 1. The van der Waals surface area contributed by atoms with Gasteiger partial charge in [0.1, 0.15) is 0 Å². The largest absolute Gasteiger partial charge is 0.493 e. The number of rotatable bonds is 8. The Kier molecular flexibility index (Phi) is 7.27. The third kappa shape index (κ3) is 5.52. The van der Waals surface area contributed by atoms with Crippen LogP contribution >= 0.6 is 11.6 Å². The summed E-state index contributed by atoms with van der Waals surface area (Å²) in [5.74, 6) is 0.694. The normalized spacial score (nSPS) is 11.0. The molecule has 0 unspecified atom stereocenters. The van der Waals surface area contributed by atoms with Gasteiger partial charge in [-0.1, -0.05) is 29.8 Å². The number of sulfonamides is 1. The molecule has 1 N–H and O–H groups in total. The van der Waals surface area contributed by atoms with Gasteiger partial charge in [0.15, 0.2) is 11.5 Å². The lowest BCUT2D eigenvalue weighted by Gasteiger charge is -2.23. The standard InChI is InChI=1S/C23H23ClN2O5S/c1-30-21-13-10-18(14-22(21)31-2)25-23(27)16-8-11-19(12-9-16)26(32(3,28)29)15-17-6-4-5-7-20(17)24/h4-14H,15H2,1-3H3,(H,25,27). The minimum atomic E-state index is -3.58. The molecule has 0 aromatic heterocycles. The summed E-state index contributed by atoms with van der Waals surface area (Å²) >= 11 is 6.20. The molecule has 0 heterocycles. The second-order valence-electron chi connectivity index (χ2n) is 6.93. The molecule has 0 aliphatic rings. The number of methoxy groups -OCH3 is 2. The van der Waals surface area contributed by atoms with Crippen molar-refractivity contribution in [2.75, 3.05) is 30.1 Å². The Morgan fingerprint density at radius 1 is 0.969 bits per heavy atom. The number of carbonyl (C=O) groups is 1. The van der Waals surface area contributed by atoms with Gasteiger partial charge < -0.3 is 14.8 Å². The van der Waals surface area contributed by atoms with Gasteiger partial charge in [-0.25, -0.2) is 8.42 Å². The van der Waals surface area contributed by atoms with E-state index in [0.29, 0.717) is 39.0 Å². The van der Waals surface area contributed by atoms with Crippen molar-refractivity contribution in [2.45, 2.75) is 6.54 Å². The maximum atomic E-state index is 12.6. The Morgan fingerprint density at radius 2 is 1.62 bits per heavy atom. The molecular formula is C23H23ClN2O5S. The van der Waals surface area contributed by atoms with Crippen LogP contribution in [0.3, 0.4) is 0 Å². The fourth-order valence-corrected chi connectivity index (χ4v) is 4.15. The van der Waals surface area contributed by atoms with Crippen molar-refractivity contribution in [3.05, 3.63) is 82.9 Å². The summed E-state index contributed by atoms with van der Waals surface area (Å²) in [5.41, 5.74) is 2.01. The summed E-state index contributed by atoms with van der Waals surface area (Å²) < 4.78 is 36.5. The van der Waals surface area contributed by atoms with E-state index in [1.165, 1.54) is 18.5 Å².